The molecule has 2 aromatic heterocycles. The predicted octanol–water partition coefficient (Wildman–Crippen LogP) is 3.03. The molecule has 0 unspecified atom stereocenters. The van der Waals surface area contributed by atoms with E-state index in [9.17, 15) is 4.79 Å². The summed E-state index contributed by atoms with van der Waals surface area (Å²) < 4.78 is 1.46. The molecule has 0 aliphatic heterocycles. The Hall–Kier alpha value is -2.05. The minimum absolute atomic E-state index is 0.103. The second kappa shape index (κ2) is 5.62. The molecule has 3 rings (SSSR count). The lowest BCUT2D eigenvalue weighted by Gasteiger charge is -2.07. The van der Waals surface area contributed by atoms with Gasteiger partial charge in [-0.05, 0) is 25.0 Å². The fourth-order valence-electron chi connectivity index (χ4n) is 2.56. The van der Waals surface area contributed by atoms with Crippen molar-refractivity contribution >= 4 is 38.8 Å². The number of rotatable bonds is 3. The molecule has 6 heteroatoms. The van der Waals surface area contributed by atoms with Gasteiger partial charge in [-0.2, -0.15) is 0 Å². The molecule has 2 N–H and O–H groups in total. The smallest absolute Gasteiger partial charge is 0.263 e. The molecule has 0 amide bonds. The normalized spacial score (nSPS) is 11.0. The van der Waals surface area contributed by atoms with Gasteiger partial charge in [0, 0.05) is 10.9 Å². The number of thiocarbonyl (C=S) groups is 1. The van der Waals surface area contributed by atoms with Gasteiger partial charge in [0.25, 0.3) is 5.56 Å². The highest BCUT2D eigenvalue weighted by molar-refractivity contribution is 7.80. The van der Waals surface area contributed by atoms with Crippen LogP contribution in [0.5, 0.6) is 0 Å². The summed E-state index contributed by atoms with van der Waals surface area (Å²) in [5, 5.41) is 2.62. The Morgan fingerprint density at radius 2 is 2.14 bits per heavy atom. The van der Waals surface area contributed by atoms with Crippen LogP contribution in [0.3, 0.4) is 0 Å². The van der Waals surface area contributed by atoms with Gasteiger partial charge >= 0.3 is 0 Å². The van der Waals surface area contributed by atoms with Gasteiger partial charge in [-0.15, -0.1) is 11.3 Å². The second-order valence-electron chi connectivity index (χ2n) is 5.29. The first-order chi connectivity index (χ1) is 10.5. The molecule has 0 saturated heterocycles. The molecule has 0 fully saturated rings. The van der Waals surface area contributed by atoms with Crippen molar-refractivity contribution < 1.29 is 0 Å². The molecule has 0 spiro atoms. The van der Waals surface area contributed by atoms with E-state index in [2.05, 4.69) is 37.0 Å². The fraction of sp³-hybridized carbons (Fsp3) is 0.188. The van der Waals surface area contributed by atoms with E-state index in [1.165, 1.54) is 27.8 Å². The van der Waals surface area contributed by atoms with Gasteiger partial charge in [0.15, 0.2) is 0 Å². The highest BCUT2D eigenvalue weighted by Gasteiger charge is 2.14. The van der Waals surface area contributed by atoms with Crippen molar-refractivity contribution in [2.75, 3.05) is 0 Å². The maximum absolute atomic E-state index is 12.7. The summed E-state index contributed by atoms with van der Waals surface area (Å²) in [5.41, 5.74) is 9.77. The Kier molecular flexibility index (Phi) is 3.80. The summed E-state index contributed by atoms with van der Waals surface area (Å²) >= 11 is 6.37. The zero-order valence-corrected chi connectivity index (χ0v) is 13.9. The van der Waals surface area contributed by atoms with Crippen molar-refractivity contribution in [2.24, 2.45) is 5.73 Å². The summed E-state index contributed by atoms with van der Waals surface area (Å²) in [4.78, 5) is 18.1. The van der Waals surface area contributed by atoms with Gasteiger partial charge in [0.1, 0.15) is 4.83 Å². The molecular weight excluding hydrogens is 314 g/mol. The van der Waals surface area contributed by atoms with Crippen molar-refractivity contribution in [1.82, 2.24) is 9.55 Å². The van der Waals surface area contributed by atoms with Gasteiger partial charge in [-0.3, -0.25) is 9.36 Å². The maximum atomic E-state index is 12.7. The van der Waals surface area contributed by atoms with Crippen LogP contribution < -0.4 is 11.3 Å². The van der Waals surface area contributed by atoms with Crippen LogP contribution in [0.2, 0.25) is 0 Å². The summed E-state index contributed by atoms with van der Waals surface area (Å²) in [7, 11) is 0. The van der Waals surface area contributed by atoms with Crippen LogP contribution in [0.1, 0.15) is 11.1 Å². The van der Waals surface area contributed by atoms with E-state index in [0.717, 1.165) is 21.5 Å². The highest BCUT2D eigenvalue weighted by Crippen LogP contribution is 2.32. The first-order valence-electron chi connectivity index (χ1n) is 6.80. The summed E-state index contributed by atoms with van der Waals surface area (Å²) in [6.07, 6.45) is 1.51. The van der Waals surface area contributed by atoms with E-state index in [0.29, 0.717) is 5.39 Å². The average molecular weight is 329 g/mol. The lowest BCUT2D eigenvalue weighted by atomic mass is 9.99. The van der Waals surface area contributed by atoms with E-state index in [1.54, 1.807) is 0 Å². The third-order valence-corrected chi connectivity index (χ3v) is 4.57. The van der Waals surface area contributed by atoms with Gasteiger partial charge in [-0.25, -0.2) is 4.98 Å². The van der Waals surface area contributed by atoms with Crippen molar-refractivity contribution in [1.29, 1.82) is 0 Å². The zero-order chi connectivity index (χ0) is 15.9. The standard InChI is InChI=1S/C16H15N3OS2/c1-9-3-4-11(10(2)5-9)12-7-22-15-14(12)16(20)19(8-18-15)6-13(17)21/h3-5,7-8H,6H2,1-2H3,(H2,17,21). The van der Waals surface area contributed by atoms with E-state index < -0.39 is 0 Å². The maximum Gasteiger partial charge on any atom is 0.263 e. The monoisotopic (exact) mass is 329 g/mol. The predicted molar refractivity (Wildman–Crippen MR) is 95.6 cm³/mol. The topological polar surface area (TPSA) is 60.9 Å². The number of nitrogens with two attached hydrogens (primary N) is 1. The molecule has 0 aliphatic carbocycles. The number of benzene rings is 1. The lowest BCUT2D eigenvalue weighted by molar-refractivity contribution is 0.796. The van der Waals surface area contributed by atoms with Crippen LogP contribution in [0, 0.1) is 13.8 Å². The van der Waals surface area contributed by atoms with Crippen molar-refractivity contribution in [3.8, 4) is 11.1 Å². The third kappa shape index (κ3) is 2.55. The third-order valence-electron chi connectivity index (χ3n) is 3.56. The quantitative estimate of drug-likeness (QED) is 0.750. The van der Waals surface area contributed by atoms with Crippen LogP contribution >= 0.6 is 23.6 Å². The largest absolute Gasteiger partial charge is 0.392 e. The summed E-state index contributed by atoms with van der Waals surface area (Å²) in [5.74, 6) is 0. The number of fused-ring (bicyclic) bond motifs is 1. The minimum atomic E-state index is -0.103. The molecule has 22 heavy (non-hydrogen) atoms. The first kappa shape index (κ1) is 14.9. The molecule has 0 saturated carbocycles. The molecule has 1 aromatic carbocycles. The van der Waals surface area contributed by atoms with E-state index in [-0.39, 0.29) is 17.1 Å². The fourth-order valence-corrected chi connectivity index (χ4v) is 3.60. The van der Waals surface area contributed by atoms with Gasteiger partial charge in [-0.1, -0.05) is 36.0 Å². The van der Waals surface area contributed by atoms with Crippen molar-refractivity contribution in [2.45, 2.75) is 20.4 Å². The number of aryl methyl sites for hydroxylation is 2. The second-order valence-corrected chi connectivity index (χ2v) is 6.67. The number of hydrogen-bond donors (Lipinski definition) is 1. The van der Waals surface area contributed by atoms with Crippen LogP contribution in [-0.2, 0) is 6.54 Å². The highest BCUT2D eigenvalue weighted by atomic mass is 32.1. The molecule has 4 nitrogen and oxygen atoms in total. The minimum Gasteiger partial charge on any atom is -0.392 e. The summed E-state index contributed by atoms with van der Waals surface area (Å²) in [6.45, 7) is 4.31. The van der Waals surface area contributed by atoms with Crippen LogP contribution in [0.25, 0.3) is 21.3 Å². The number of thiophene rings is 1. The lowest BCUT2D eigenvalue weighted by Crippen LogP contribution is -2.27. The molecule has 112 valence electrons. The number of hydrogen-bond acceptors (Lipinski definition) is 4. The Balaban J connectivity index is 2.27. The molecule has 3 aromatic rings. The van der Waals surface area contributed by atoms with Gasteiger partial charge in [0.05, 0.1) is 23.2 Å². The van der Waals surface area contributed by atoms with Crippen molar-refractivity contribution in [3.05, 3.63) is 51.4 Å². The molecule has 0 radical (unpaired) electrons. The number of aromatic nitrogens is 2. The molecule has 0 bridgehead atoms. The van der Waals surface area contributed by atoms with E-state index in [1.807, 2.05) is 5.38 Å². The first-order valence-corrected chi connectivity index (χ1v) is 8.08. The Morgan fingerprint density at radius 3 is 2.82 bits per heavy atom. The van der Waals surface area contributed by atoms with Crippen LogP contribution in [0.15, 0.2) is 34.7 Å². The van der Waals surface area contributed by atoms with E-state index >= 15 is 0 Å². The van der Waals surface area contributed by atoms with Crippen LogP contribution in [0.4, 0.5) is 0 Å². The molecule has 0 atom stereocenters. The average Bonchev–Trinajstić information content (AvgIpc) is 2.86. The SMILES string of the molecule is Cc1ccc(-c2csc3ncn(CC(N)=S)c(=O)c23)c(C)c1. The molecule has 0 aliphatic rings. The number of nitrogens with zero attached hydrogens (tertiary/aromatic N) is 2. The molecular formula is C16H15N3OS2. The van der Waals surface area contributed by atoms with Gasteiger partial charge in [0.2, 0.25) is 0 Å². The Labute approximate surface area is 137 Å². The Bertz CT molecular complexity index is 940. The molecule has 2 heterocycles. The van der Waals surface area contributed by atoms with E-state index in [4.69, 9.17) is 18.0 Å². The van der Waals surface area contributed by atoms with Gasteiger partial charge < -0.3 is 5.73 Å². The zero-order valence-electron chi connectivity index (χ0n) is 12.3. The van der Waals surface area contributed by atoms with Crippen molar-refractivity contribution in [3.63, 3.8) is 0 Å². The van der Waals surface area contributed by atoms with Crippen LogP contribution in [-0.4, -0.2) is 14.5 Å². The Morgan fingerprint density at radius 1 is 1.36 bits per heavy atom. The summed E-state index contributed by atoms with van der Waals surface area (Å²) in [6, 6.07) is 6.22.